The molecule has 6 nitrogen and oxygen atoms in total. The van der Waals surface area contributed by atoms with Crippen LogP contribution in [0.3, 0.4) is 0 Å². The second-order valence-corrected chi connectivity index (χ2v) is 7.03. The molecule has 6 heteroatoms. The van der Waals surface area contributed by atoms with Crippen molar-refractivity contribution in [1.82, 2.24) is 15.5 Å². The first-order valence-electron chi connectivity index (χ1n) is 8.96. The highest BCUT2D eigenvalue weighted by Gasteiger charge is 2.29. The van der Waals surface area contributed by atoms with Gasteiger partial charge in [-0.05, 0) is 44.2 Å². The van der Waals surface area contributed by atoms with E-state index in [1.165, 1.54) is 5.56 Å². The van der Waals surface area contributed by atoms with Gasteiger partial charge in [0.25, 0.3) is 0 Å². The lowest BCUT2D eigenvalue weighted by atomic mass is 10.0. The number of aryl methyl sites for hydroxylation is 2. The number of hydrogen-bond donors (Lipinski definition) is 1. The highest BCUT2D eigenvalue weighted by Crippen LogP contribution is 2.38. The van der Waals surface area contributed by atoms with Crippen LogP contribution < -0.4 is 10.1 Å². The number of carbonyl (C=O) groups is 1. The van der Waals surface area contributed by atoms with E-state index in [4.69, 9.17) is 9.26 Å². The largest absolute Gasteiger partial charge is 0.490 e. The molecule has 25 heavy (non-hydrogen) atoms. The van der Waals surface area contributed by atoms with E-state index >= 15 is 0 Å². The molecule has 0 saturated heterocycles. The lowest BCUT2D eigenvalue weighted by Crippen LogP contribution is -2.29. The molecule has 132 valence electrons. The van der Waals surface area contributed by atoms with E-state index in [9.17, 15) is 4.79 Å². The number of aromatic nitrogens is 2. The highest BCUT2D eigenvalue weighted by atomic mass is 16.5. The lowest BCUT2D eigenvalue weighted by molar-refractivity contribution is -0.122. The van der Waals surface area contributed by atoms with Gasteiger partial charge < -0.3 is 14.6 Å². The summed E-state index contributed by atoms with van der Waals surface area (Å²) in [4.78, 5) is 16.6. The number of carbonyl (C=O) groups excluding carboxylic acids is 1. The summed E-state index contributed by atoms with van der Waals surface area (Å²) in [6, 6.07) is 4.06. The van der Waals surface area contributed by atoms with Gasteiger partial charge in [0.05, 0.1) is 6.04 Å². The number of amides is 1. The molecule has 1 aromatic carbocycles. The molecule has 1 aliphatic heterocycles. The fourth-order valence-electron chi connectivity index (χ4n) is 3.20. The van der Waals surface area contributed by atoms with Gasteiger partial charge >= 0.3 is 0 Å². The number of nitrogens with zero attached hydrogens (tertiary/aromatic N) is 2. The van der Waals surface area contributed by atoms with E-state index in [2.05, 4.69) is 35.4 Å². The van der Waals surface area contributed by atoms with E-state index in [0.717, 1.165) is 35.5 Å². The van der Waals surface area contributed by atoms with Crippen molar-refractivity contribution in [2.45, 2.75) is 57.9 Å². The number of ether oxygens (including phenoxy) is 1. The van der Waals surface area contributed by atoms with Gasteiger partial charge in [0.2, 0.25) is 11.8 Å². The van der Waals surface area contributed by atoms with Crippen LogP contribution in [-0.4, -0.2) is 22.7 Å². The Morgan fingerprint density at radius 3 is 2.96 bits per heavy atom. The van der Waals surface area contributed by atoms with Gasteiger partial charge in [-0.25, -0.2) is 0 Å². The van der Waals surface area contributed by atoms with Crippen molar-refractivity contribution in [2.75, 3.05) is 6.61 Å². The lowest BCUT2D eigenvalue weighted by Gasteiger charge is -2.12. The first-order valence-corrected chi connectivity index (χ1v) is 8.96. The monoisotopic (exact) mass is 341 g/mol. The SMILES string of the molecule is Cc1ccc2c(c1C)OCC2NC(=O)CCCc1nc(C2CC2)no1. The summed E-state index contributed by atoms with van der Waals surface area (Å²) in [5.74, 6) is 2.90. The van der Waals surface area contributed by atoms with Gasteiger partial charge in [0.1, 0.15) is 12.4 Å². The number of hydrogen-bond acceptors (Lipinski definition) is 5. The van der Waals surface area contributed by atoms with Crippen molar-refractivity contribution in [3.05, 3.63) is 40.5 Å². The molecule has 0 radical (unpaired) electrons. The molecular formula is C19H23N3O3. The number of benzene rings is 1. The molecule has 1 saturated carbocycles. The minimum atomic E-state index is -0.0633. The molecule has 2 aromatic rings. The minimum Gasteiger partial charge on any atom is -0.490 e. The maximum Gasteiger partial charge on any atom is 0.226 e. The first kappa shape index (κ1) is 16.1. The standard InChI is InChI=1S/C19H23N3O3/c1-11-6-9-14-15(10-24-18(14)12(11)2)20-16(23)4-3-5-17-21-19(22-25-17)13-7-8-13/h6,9,13,15H,3-5,7-8,10H2,1-2H3,(H,20,23). The average Bonchev–Trinajstić information content (AvgIpc) is 3.20. The zero-order valence-corrected chi connectivity index (χ0v) is 14.7. The molecule has 1 atom stereocenters. The van der Waals surface area contributed by atoms with E-state index in [1.54, 1.807) is 0 Å². The molecule has 1 fully saturated rings. The summed E-state index contributed by atoms with van der Waals surface area (Å²) in [7, 11) is 0. The van der Waals surface area contributed by atoms with Gasteiger partial charge in [-0.1, -0.05) is 17.3 Å². The van der Waals surface area contributed by atoms with E-state index in [1.807, 2.05) is 6.07 Å². The van der Waals surface area contributed by atoms with Crippen LogP contribution in [0.5, 0.6) is 5.75 Å². The predicted molar refractivity (Wildman–Crippen MR) is 91.5 cm³/mol. The molecule has 1 unspecified atom stereocenters. The summed E-state index contributed by atoms with van der Waals surface area (Å²) >= 11 is 0. The Morgan fingerprint density at radius 1 is 1.32 bits per heavy atom. The van der Waals surface area contributed by atoms with Crippen molar-refractivity contribution >= 4 is 5.91 Å². The van der Waals surface area contributed by atoms with Gasteiger partial charge in [0.15, 0.2) is 5.82 Å². The Kier molecular flexibility index (Phi) is 4.19. The third-order valence-electron chi connectivity index (χ3n) is 5.03. The highest BCUT2D eigenvalue weighted by molar-refractivity contribution is 5.76. The average molecular weight is 341 g/mol. The van der Waals surface area contributed by atoms with Crippen molar-refractivity contribution < 1.29 is 14.1 Å². The molecule has 0 spiro atoms. The second-order valence-electron chi connectivity index (χ2n) is 7.03. The topological polar surface area (TPSA) is 77.2 Å². The molecule has 1 amide bonds. The fourth-order valence-corrected chi connectivity index (χ4v) is 3.20. The minimum absolute atomic E-state index is 0.0293. The molecule has 2 heterocycles. The van der Waals surface area contributed by atoms with Gasteiger partial charge in [-0.15, -0.1) is 0 Å². The Balaban J connectivity index is 1.28. The van der Waals surface area contributed by atoms with Crippen LogP contribution in [0.2, 0.25) is 0 Å². The van der Waals surface area contributed by atoms with Crippen LogP contribution in [0, 0.1) is 13.8 Å². The molecule has 2 aliphatic rings. The van der Waals surface area contributed by atoms with Crippen LogP contribution in [0.25, 0.3) is 0 Å². The third kappa shape index (κ3) is 3.38. The molecule has 0 bridgehead atoms. The zero-order valence-electron chi connectivity index (χ0n) is 14.7. The van der Waals surface area contributed by atoms with Gasteiger partial charge in [-0.3, -0.25) is 4.79 Å². The smallest absolute Gasteiger partial charge is 0.226 e. The van der Waals surface area contributed by atoms with E-state index in [0.29, 0.717) is 37.7 Å². The third-order valence-corrected chi connectivity index (χ3v) is 5.03. The predicted octanol–water partition coefficient (Wildman–Crippen LogP) is 3.14. The van der Waals surface area contributed by atoms with Crippen LogP contribution >= 0.6 is 0 Å². The molecular weight excluding hydrogens is 318 g/mol. The Morgan fingerprint density at radius 2 is 2.16 bits per heavy atom. The molecule has 1 aromatic heterocycles. The first-order chi connectivity index (χ1) is 12.1. The normalized spacial score (nSPS) is 18.7. The fraction of sp³-hybridized carbons (Fsp3) is 0.526. The second kappa shape index (κ2) is 6.50. The van der Waals surface area contributed by atoms with E-state index < -0.39 is 0 Å². The van der Waals surface area contributed by atoms with Crippen LogP contribution in [0.15, 0.2) is 16.7 Å². The van der Waals surface area contributed by atoms with Crippen molar-refractivity contribution in [3.8, 4) is 5.75 Å². The summed E-state index contributed by atoms with van der Waals surface area (Å²) in [5.41, 5.74) is 3.43. The van der Waals surface area contributed by atoms with Crippen molar-refractivity contribution in [3.63, 3.8) is 0 Å². The van der Waals surface area contributed by atoms with E-state index in [-0.39, 0.29) is 11.9 Å². The molecule has 1 aliphatic carbocycles. The number of nitrogens with one attached hydrogen (secondary N) is 1. The summed E-state index contributed by atoms with van der Waals surface area (Å²) in [5, 5.41) is 7.07. The van der Waals surface area contributed by atoms with Crippen LogP contribution in [0.4, 0.5) is 0 Å². The Bertz CT molecular complexity index is 795. The molecule has 4 rings (SSSR count). The maximum atomic E-state index is 12.2. The maximum absolute atomic E-state index is 12.2. The number of fused-ring (bicyclic) bond motifs is 1. The van der Waals surface area contributed by atoms with Crippen molar-refractivity contribution in [2.24, 2.45) is 0 Å². The quantitative estimate of drug-likeness (QED) is 0.873. The number of rotatable bonds is 6. The van der Waals surface area contributed by atoms with Gasteiger partial charge in [0, 0.05) is 24.3 Å². The Hall–Kier alpha value is -2.37. The van der Waals surface area contributed by atoms with Crippen molar-refractivity contribution in [1.29, 1.82) is 0 Å². The zero-order chi connectivity index (χ0) is 17.4. The summed E-state index contributed by atoms with van der Waals surface area (Å²) < 4.78 is 11.0. The Labute approximate surface area is 147 Å². The molecule has 1 N–H and O–H groups in total. The summed E-state index contributed by atoms with van der Waals surface area (Å²) in [6.45, 7) is 4.62. The van der Waals surface area contributed by atoms with Gasteiger partial charge in [-0.2, -0.15) is 4.98 Å². The van der Waals surface area contributed by atoms with Crippen LogP contribution in [0.1, 0.15) is 66.0 Å². The summed E-state index contributed by atoms with van der Waals surface area (Å²) in [6.07, 6.45) is 4.10. The van der Waals surface area contributed by atoms with Crippen LogP contribution in [-0.2, 0) is 11.2 Å².